The fourth-order valence-electron chi connectivity index (χ4n) is 3.22. The summed E-state index contributed by atoms with van der Waals surface area (Å²) >= 11 is 0. The van der Waals surface area contributed by atoms with Gasteiger partial charge in [0.25, 0.3) is 0 Å². The van der Waals surface area contributed by atoms with Crippen molar-refractivity contribution in [2.45, 2.75) is 44.6 Å². The summed E-state index contributed by atoms with van der Waals surface area (Å²) in [6, 6.07) is 0.386. The van der Waals surface area contributed by atoms with Crippen LogP contribution in [0.4, 0.5) is 0 Å². The lowest BCUT2D eigenvalue weighted by molar-refractivity contribution is -0.121. The number of morpholine rings is 1. The van der Waals surface area contributed by atoms with E-state index in [2.05, 4.69) is 25.8 Å². The Morgan fingerprint density at radius 1 is 1.12 bits per heavy atom. The Balaban J connectivity index is 0.00000312. The first kappa shape index (κ1) is 22.4. The number of guanidine groups is 1. The van der Waals surface area contributed by atoms with E-state index in [4.69, 9.17) is 4.74 Å². The summed E-state index contributed by atoms with van der Waals surface area (Å²) in [6.45, 7) is 6.06. The lowest BCUT2D eigenvalue weighted by atomic mass is 9.95. The maximum atomic E-state index is 12.0. The maximum Gasteiger partial charge on any atom is 0.221 e. The average molecular weight is 467 g/mol. The van der Waals surface area contributed by atoms with Crippen LogP contribution in [0.5, 0.6) is 0 Å². The van der Waals surface area contributed by atoms with Crippen molar-refractivity contribution in [3.8, 4) is 0 Å². The molecule has 2 rings (SSSR count). The monoisotopic (exact) mass is 467 g/mol. The Morgan fingerprint density at radius 3 is 2.48 bits per heavy atom. The van der Waals surface area contributed by atoms with Crippen LogP contribution in [0.2, 0.25) is 0 Å². The molecule has 0 aromatic heterocycles. The van der Waals surface area contributed by atoms with Gasteiger partial charge in [-0.25, -0.2) is 0 Å². The molecule has 1 saturated carbocycles. The van der Waals surface area contributed by atoms with E-state index in [1.807, 2.05) is 0 Å². The number of halogens is 1. The van der Waals surface area contributed by atoms with Crippen LogP contribution < -0.4 is 16.0 Å². The van der Waals surface area contributed by atoms with E-state index in [1.54, 1.807) is 7.05 Å². The molecule has 2 aliphatic rings. The van der Waals surface area contributed by atoms with Crippen molar-refractivity contribution in [1.82, 2.24) is 20.9 Å². The van der Waals surface area contributed by atoms with Crippen LogP contribution >= 0.6 is 24.0 Å². The van der Waals surface area contributed by atoms with Gasteiger partial charge in [-0.1, -0.05) is 19.3 Å². The molecule has 1 aliphatic carbocycles. The van der Waals surface area contributed by atoms with E-state index in [0.29, 0.717) is 19.0 Å². The van der Waals surface area contributed by atoms with Gasteiger partial charge in [0.05, 0.1) is 13.2 Å². The van der Waals surface area contributed by atoms with Crippen molar-refractivity contribution in [2.24, 2.45) is 4.99 Å². The van der Waals surface area contributed by atoms with E-state index in [-0.39, 0.29) is 29.9 Å². The van der Waals surface area contributed by atoms with Crippen LogP contribution in [0.25, 0.3) is 0 Å². The predicted molar refractivity (Wildman–Crippen MR) is 112 cm³/mol. The number of aliphatic imine (C=N–C) groups is 1. The third-order valence-corrected chi connectivity index (χ3v) is 4.66. The van der Waals surface area contributed by atoms with E-state index in [1.165, 1.54) is 19.3 Å². The SMILES string of the molecule is CN=C(NCCC(=O)NC1CCCCC1)NCCN1CCOCC1.I. The van der Waals surface area contributed by atoms with Gasteiger partial charge in [-0.05, 0) is 12.8 Å². The average Bonchev–Trinajstić information content (AvgIpc) is 2.62. The lowest BCUT2D eigenvalue weighted by Crippen LogP contribution is -2.45. The summed E-state index contributed by atoms with van der Waals surface area (Å²) in [5.74, 6) is 0.895. The first-order valence-corrected chi connectivity index (χ1v) is 9.32. The van der Waals surface area contributed by atoms with Gasteiger partial charge in [0.1, 0.15) is 0 Å². The smallest absolute Gasteiger partial charge is 0.221 e. The van der Waals surface area contributed by atoms with Crippen molar-refractivity contribution in [3.05, 3.63) is 0 Å². The van der Waals surface area contributed by atoms with Crippen LogP contribution in [-0.2, 0) is 9.53 Å². The molecule has 0 radical (unpaired) electrons. The summed E-state index contributed by atoms with van der Waals surface area (Å²) in [5.41, 5.74) is 0. The highest BCUT2D eigenvalue weighted by Crippen LogP contribution is 2.17. The minimum absolute atomic E-state index is 0. The zero-order chi connectivity index (χ0) is 17.0. The number of hydrogen-bond acceptors (Lipinski definition) is 4. The summed E-state index contributed by atoms with van der Waals surface area (Å²) in [6.07, 6.45) is 6.53. The number of ether oxygens (including phenoxy) is 1. The molecule has 2 fully saturated rings. The van der Waals surface area contributed by atoms with E-state index in [9.17, 15) is 4.79 Å². The van der Waals surface area contributed by atoms with Gasteiger partial charge < -0.3 is 20.7 Å². The number of carbonyl (C=O) groups excluding carboxylic acids is 1. The van der Waals surface area contributed by atoms with Gasteiger partial charge in [-0.2, -0.15) is 0 Å². The molecule has 146 valence electrons. The molecule has 25 heavy (non-hydrogen) atoms. The van der Waals surface area contributed by atoms with Gasteiger partial charge in [-0.3, -0.25) is 14.7 Å². The Bertz CT molecular complexity index is 396. The maximum absolute atomic E-state index is 12.0. The molecule has 0 aromatic rings. The highest BCUT2D eigenvalue weighted by molar-refractivity contribution is 14.0. The summed E-state index contributed by atoms with van der Waals surface area (Å²) in [4.78, 5) is 18.6. The molecule has 0 aromatic carbocycles. The predicted octanol–water partition coefficient (Wildman–Crippen LogP) is 0.941. The van der Waals surface area contributed by atoms with Gasteiger partial charge in [0.15, 0.2) is 5.96 Å². The molecule has 8 heteroatoms. The molecule has 0 bridgehead atoms. The van der Waals surface area contributed by atoms with Gasteiger partial charge >= 0.3 is 0 Å². The Kier molecular flexibility index (Phi) is 12.2. The highest BCUT2D eigenvalue weighted by atomic mass is 127. The quantitative estimate of drug-likeness (QED) is 0.295. The van der Waals surface area contributed by atoms with Crippen LogP contribution in [0.15, 0.2) is 4.99 Å². The van der Waals surface area contributed by atoms with Crippen LogP contribution in [0.3, 0.4) is 0 Å². The van der Waals surface area contributed by atoms with Gasteiger partial charge in [0.2, 0.25) is 5.91 Å². The third-order valence-electron chi connectivity index (χ3n) is 4.66. The summed E-state index contributed by atoms with van der Waals surface area (Å²) in [5, 5.41) is 9.65. The summed E-state index contributed by atoms with van der Waals surface area (Å²) in [7, 11) is 1.76. The fourth-order valence-corrected chi connectivity index (χ4v) is 3.22. The number of nitrogens with one attached hydrogen (secondary N) is 3. The second kappa shape index (κ2) is 13.6. The normalized spacial score (nSPS) is 19.8. The van der Waals surface area contributed by atoms with Crippen molar-refractivity contribution in [1.29, 1.82) is 0 Å². The van der Waals surface area contributed by atoms with Crippen LogP contribution in [-0.4, -0.2) is 75.8 Å². The largest absolute Gasteiger partial charge is 0.379 e. The molecular weight excluding hydrogens is 433 g/mol. The molecule has 0 unspecified atom stereocenters. The second-order valence-corrected chi connectivity index (χ2v) is 6.53. The Morgan fingerprint density at radius 2 is 1.80 bits per heavy atom. The topological polar surface area (TPSA) is 78.0 Å². The molecule has 0 spiro atoms. The number of nitrogens with zero attached hydrogens (tertiary/aromatic N) is 2. The number of rotatable bonds is 7. The molecule has 1 aliphatic heterocycles. The molecule has 1 amide bonds. The van der Waals surface area contributed by atoms with Crippen LogP contribution in [0.1, 0.15) is 38.5 Å². The minimum atomic E-state index is 0. The van der Waals surface area contributed by atoms with E-state index < -0.39 is 0 Å². The molecule has 0 atom stereocenters. The van der Waals surface area contributed by atoms with Crippen LogP contribution in [0, 0.1) is 0 Å². The Hall–Kier alpha value is -0.610. The molecule has 1 heterocycles. The van der Waals surface area contributed by atoms with E-state index in [0.717, 1.165) is 58.2 Å². The van der Waals surface area contributed by atoms with Crippen molar-refractivity contribution in [2.75, 3.05) is 53.0 Å². The zero-order valence-corrected chi connectivity index (χ0v) is 17.7. The lowest BCUT2D eigenvalue weighted by Gasteiger charge is -2.26. The first-order valence-electron chi connectivity index (χ1n) is 9.32. The van der Waals surface area contributed by atoms with Crippen molar-refractivity contribution >= 4 is 35.8 Å². The molecule has 3 N–H and O–H groups in total. The van der Waals surface area contributed by atoms with E-state index >= 15 is 0 Å². The Labute approximate surface area is 168 Å². The number of carbonyl (C=O) groups is 1. The molecule has 1 saturated heterocycles. The van der Waals surface area contributed by atoms with Crippen molar-refractivity contribution < 1.29 is 9.53 Å². The highest BCUT2D eigenvalue weighted by Gasteiger charge is 2.15. The molecule has 7 nitrogen and oxygen atoms in total. The number of amides is 1. The molecular formula is C17H34IN5O2. The standard InChI is InChI=1S/C17H33N5O2.HI/c1-18-17(20-9-10-22-11-13-24-14-12-22)19-8-7-16(23)21-15-5-3-2-4-6-15;/h15H,2-14H2,1H3,(H,21,23)(H2,18,19,20);1H. The minimum Gasteiger partial charge on any atom is -0.379 e. The van der Waals surface area contributed by atoms with Crippen molar-refractivity contribution in [3.63, 3.8) is 0 Å². The fraction of sp³-hybridized carbons (Fsp3) is 0.882. The van der Waals surface area contributed by atoms with Gasteiger partial charge in [0, 0.05) is 52.2 Å². The van der Waals surface area contributed by atoms with Gasteiger partial charge in [-0.15, -0.1) is 24.0 Å². The zero-order valence-electron chi connectivity index (χ0n) is 15.4. The second-order valence-electron chi connectivity index (χ2n) is 6.53. The first-order chi connectivity index (χ1) is 11.8. The summed E-state index contributed by atoms with van der Waals surface area (Å²) < 4.78 is 5.34. The number of hydrogen-bond donors (Lipinski definition) is 3. The third kappa shape index (κ3) is 9.60.